The van der Waals surface area contributed by atoms with Gasteiger partial charge in [-0.15, -0.1) is 11.6 Å². The average molecular weight is 512 g/mol. The van der Waals surface area contributed by atoms with Crippen molar-refractivity contribution in [2.75, 3.05) is 24.8 Å². The third kappa shape index (κ3) is 4.19. The maximum absolute atomic E-state index is 11.5. The van der Waals surface area contributed by atoms with Gasteiger partial charge in [-0.2, -0.15) is 0 Å². The first-order valence-corrected chi connectivity index (χ1v) is 13.0. The number of anilines is 1. The molecule has 0 radical (unpaired) electrons. The number of benzene rings is 1. The lowest BCUT2D eigenvalue weighted by Gasteiger charge is -2.44. The van der Waals surface area contributed by atoms with Crippen LogP contribution in [0.5, 0.6) is 5.75 Å². The number of hydrogen-bond acceptors (Lipinski definition) is 7. The number of nitrogens with one attached hydrogen (secondary N) is 1. The quantitative estimate of drug-likeness (QED) is 0.397. The first-order valence-electron chi connectivity index (χ1n) is 12.4. The number of aromatic nitrogens is 3. The molecule has 9 nitrogen and oxygen atoms in total. The number of fused-ring (bicyclic) bond motifs is 3. The topological polar surface area (TPSA) is 125 Å². The number of nitrogens with zero attached hydrogens (tertiary/aromatic N) is 3. The highest BCUT2D eigenvalue weighted by Crippen LogP contribution is 2.46. The standard InChI is InChI=1S/C26H30ClN5O4/c27-11-21(33)29-13-25(34)9-17(10-25)32-12-20(22-23(28)30-15-31-24(22)32)16-2-1-3-19(8-16)35-14-26-6-4-18(36-26)5-7-26/h1-3,8,12,15,17-18,34H,4-7,9-11,13-14H2,(H,29,33)(H2,28,30,31). The van der Waals surface area contributed by atoms with Crippen molar-refractivity contribution in [3.05, 3.63) is 36.8 Å². The summed E-state index contributed by atoms with van der Waals surface area (Å²) in [5, 5.41) is 14.3. The second kappa shape index (κ2) is 8.90. The molecule has 1 aromatic carbocycles. The van der Waals surface area contributed by atoms with Crippen molar-refractivity contribution in [2.24, 2.45) is 0 Å². The predicted molar refractivity (Wildman–Crippen MR) is 136 cm³/mol. The van der Waals surface area contributed by atoms with E-state index >= 15 is 0 Å². The molecule has 6 rings (SSSR count). The van der Waals surface area contributed by atoms with Gasteiger partial charge in [0, 0.05) is 24.3 Å². The van der Waals surface area contributed by atoms with Gasteiger partial charge in [0.1, 0.15) is 41.6 Å². The zero-order valence-electron chi connectivity index (χ0n) is 20.0. The smallest absolute Gasteiger partial charge is 0.235 e. The van der Waals surface area contributed by atoms with Gasteiger partial charge in [-0.3, -0.25) is 4.79 Å². The number of ether oxygens (including phenoxy) is 2. The molecule has 36 heavy (non-hydrogen) atoms. The third-order valence-corrected chi connectivity index (χ3v) is 8.15. The molecule has 3 aliphatic rings. The molecule has 2 bridgehead atoms. The second-order valence-electron chi connectivity index (χ2n) is 10.4. The molecule has 2 saturated heterocycles. The highest BCUT2D eigenvalue weighted by Gasteiger charge is 2.47. The van der Waals surface area contributed by atoms with Crippen LogP contribution in [0, 0.1) is 0 Å². The highest BCUT2D eigenvalue weighted by molar-refractivity contribution is 6.27. The number of carbonyl (C=O) groups is 1. The van der Waals surface area contributed by atoms with Gasteiger partial charge >= 0.3 is 0 Å². The van der Waals surface area contributed by atoms with Crippen LogP contribution in [-0.4, -0.2) is 61.9 Å². The minimum absolute atomic E-state index is 0.0156. The van der Waals surface area contributed by atoms with E-state index in [4.69, 9.17) is 26.8 Å². The number of rotatable bonds is 8. The van der Waals surface area contributed by atoms with Crippen LogP contribution in [0.15, 0.2) is 36.8 Å². The van der Waals surface area contributed by atoms with E-state index < -0.39 is 5.60 Å². The molecule has 3 fully saturated rings. The number of nitrogen functional groups attached to an aromatic ring is 1. The van der Waals surface area contributed by atoms with Gasteiger partial charge in [-0.25, -0.2) is 9.97 Å². The van der Waals surface area contributed by atoms with Crippen LogP contribution in [0.3, 0.4) is 0 Å². The Morgan fingerprint density at radius 1 is 1.31 bits per heavy atom. The highest BCUT2D eigenvalue weighted by atomic mass is 35.5. The molecule has 190 valence electrons. The van der Waals surface area contributed by atoms with Crippen LogP contribution in [0.25, 0.3) is 22.2 Å². The van der Waals surface area contributed by atoms with Gasteiger partial charge in [0.05, 0.1) is 17.1 Å². The molecule has 3 aromatic rings. The Balaban J connectivity index is 1.25. The largest absolute Gasteiger partial charge is 0.491 e. The van der Waals surface area contributed by atoms with E-state index in [9.17, 15) is 9.90 Å². The van der Waals surface area contributed by atoms with Crippen molar-refractivity contribution >= 4 is 34.4 Å². The number of nitrogens with two attached hydrogens (primary N) is 1. The van der Waals surface area contributed by atoms with Crippen LogP contribution in [0.4, 0.5) is 5.82 Å². The average Bonchev–Trinajstić information content (AvgIpc) is 3.58. The Morgan fingerprint density at radius 2 is 2.11 bits per heavy atom. The fourth-order valence-corrected chi connectivity index (χ4v) is 6.02. The van der Waals surface area contributed by atoms with E-state index in [0.717, 1.165) is 53.6 Å². The summed E-state index contributed by atoms with van der Waals surface area (Å²) in [5.74, 6) is 0.764. The molecule has 0 atom stereocenters. The summed E-state index contributed by atoms with van der Waals surface area (Å²) in [4.78, 5) is 20.2. The summed E-state index contributed by atoms with van der Waals surface area (Å²) in [6.45, 7) is 0.727. The van der Waals surface area contributed by atoms with Crippen LogP contribution in [-0.2, 0) is 9.53 Å². The van der Waals surface area contributed by atoms with Crippen molar-refractivity contribution in [3.8, 4) is 16.9 Å². The summed E-state index contributed by atoms with van der Waals surface area (Å²) >= 11 is 5.55. The molecule has 4 N–H and O–H groups in total. The van der Waals surface area contributed by atoms with Crippen LogP contribution in [0.2, 0.25) is 0 Å². The minimum Gasteiger partial charge on any atom is -0.491 e. The molecule has 10 heteroatoms. The molecule has 2 aliphatic heterocycles. The fraction of sp³-hybridized carbons (Fsp3) is 0.500. The van der Waals surface area contributed by atoms with E-state index in [1.54, 1.807) is 0 Å². The Bertz CT molecular complexity index is 1300. The molecule has 0 spiro atoms. The Morgan fingerprint density at radius 3 is 2.83 bits per heavy atom. The van der Waals surface area contributed by atoms with Crippen molar-refractivity contribution < 1.29 is 19.4 Å². The monoisotopic (exact) mass is 511 g/mol. The summed E-state index contributed by atoms with van der Waals surface area (Å²) < 4.78 is 14.4. The number of carbonyl (C=O) groups excluding carboxylic acids is 1. The van der Waals surface area contributed by atoms with Gasteiger partial charge in [0.25, 0.3) is 0 Å². The van der Waals surface area contributed by atoms with Crippen LogP contribution in [0.1, 0.15) is 44.6 Å². The van der Waals surface area contributed by atoms with Gasteiger partial charge in [-0.05, 0) is 56.2 Å². The lowest BCUT2D eigenvalue weighted by Crippen LogP contribution is -2.52. The summed E-state index contributed by atoms with van der Waals surface area (Å²) in [7, 11) is 0. The molecule has 1 saturated carbocycles. The number of halogens is 1. The summed E-state index contributed by atoms with van der Waals surface area (Å²) in [5.41, 5.74) is 7.78. The van der Waals surface area contributed by atoms with Crippen molar-refractivity contribution in [1.82, 2.24) is 19.9 Å². The van der Waals surface area contributed by atoms with Crippen LogP contribution < -0.4 is 15.8 Å². The molecular formula is C26H30ClN5O4. The van der Waals surface area contributed by atoms with E-state index in [0.29, 0.717) is 31.4 Å². The van der Waals surface area contributed by atoms with Gasteiger partial charge in [0.2, 0.25) is 5.91 Å². The van der Waals surface area contributed by atoms with Crippen molar-refractivity contribution in [2.45, 2.75) is 61.9 Å². The Kier molecular flexibility index (Phi) is 5.81. The second-order valence-corrected chi connectivity index (χ2v) is 10.7. The van der Waals surface area contributed by atoms with Crippen molar-refractivity contribution in [1.29, 1.82) is 0 Å². The number of aliphatic hydroxyl groups is 1. The van der Waals surface area contributed by atoms with Crippen molar-refractivity contribution in [3.63, 3.8) is 0 Å². The lowest BCUT2D eigenvalue weighted by atomic mass is 9.75. The summed E-state index contributed by atoms with van der Waals surface area (Å²) in [6.07, 6.45) is 9.20. The molecule has 1 aliphatic carbocycles. The number of alkyl halides is 1. The van der Waals surface area contributed by atoms with Crippen LogP contribution >= 0.6 is 11.6 Å². The predicted octanol–water partition coefficient (Wildman–Crippen LogP) is 3.19. The normalized spacial score (nSPS) is 28.8. The molecule has 1 amide bonds. The minimum atomic E-state index is -0.976. The summed E-state index contributed by atoms with van der Waals surface area (Å²) in [6, 6.07) is 7.99. The van der Waals surface area contributed by atoms with Gasteiger partial charge < -0.3 is 30.2 Å². The Labute approximate surface area is 213 Å². The lowest BCUT2D eigenvalue weighted by molar-refractivity contribution is -0.122. The number of amides is 1. The van der Waals surface area contributed by atoms with E-state index in [1.807, 2.05) is 30.5 Å². The van der Waals surface area contributed by atoms with E-state index in [2.05, 4.69) is 19.9 Å². The third-order valence-electron chi connectivity index (χ3n) is 7.91. The van der Waals surface area contributed by atoms with E-state index in [1.165, 1.54) is 6.33 Å². The van der Waals surface area contributed by atoms with Gasteiger partial charge in [-0.1, -0.05) is 12.1 Å². The molecular weight excluding hydrogens is 482 g/mol. The maximum atomic E-state index is 11.5. The fourth-order valence-electron chi connectivity index (χ4n) is 5.93. The molecule has 4 heterocycles. The zero-order chi connectivity index (χ0) is 24.9. The molecule has 2 aromatic heterocycles. The van der Waals surface area contributed by atoms with E-state index in [-0.39, 0.29) is 30.0 Å². The molecule has 0 unspecified atom stereocenters. The maximum Gasteiger partial charge on any atom is 0.235 e. The Hall–Kier alpha value is -2.88. The zero-order valence-corrected chi connectivity index (χ0v) is 20.7. The number of hydrogen-bond donors (Lipinski definition) is 3. The van der Waals surface area contributed by atoms with Gasteiger partial charge in [0.15, 0.2) is 0 Å². The SMILES string of the molecule is Nc1ncnc2c1c(-c1cccc(OCC34CCC(CC3)O4)c1)cn2C1CC(O)(CNC(=O)CCl)C1. The first kappa shape index (κ1) is 23.5. The first-order chi connectivity index (χ1) is 17.4.